The van der Waals surface area contributed by atoms with Crippen LogP contribution in [0.4, 0.5) is 5.82 Å². The third kappa shape index (κ3) is 2.82. The molecule has 7 heteroatoms. The van der Waals surface area contributed by atoms with Crippen molar-refractivity contribution in [2.24, 2.45) is 7.05 Å². The lowest BCUT2D eigenvalue weighted by Gasteiger charge is -2.23. The van der Waals surface area contributed by atoms with Crippen molar-refractivity contribution in [2.75, 3.05) is 26.5 Å². The van der Waals surface area contributed by atoms with Gasteiger partial charge in [-0.3, -0.25) is 9.58 Å². The summed E-state index contributed by atoms with van der Waals surface area (Å²) in [6.45, 7) is 3.38. The first-order chi connectivity index (χ1) is 9.02. The monoisotopic (exact) mass is 264 g/mol. The minimum absolute atomic E-state index is 0.289. The predicted molar refractivity (Wildman–Crippen MR) is 73.5 cm³/mol. The van der Waals surface area contributed by atoms with Gasteiger partial charge in [-0.2, -0.15) is 5.10 Å². The third-order valence-corrected chi connectivity index (χ3v) is 3.22. The molecule has 0 aromatic carbocycles. The number of rotatable bonds is 5. The van der Waals surface area contributed by atoms with E-state index in [1.807, 2.05) is 14.1 Å². The van der Waals surface area contributed by atoms with Crippen molar-refractivity contribution >= 4 is 16.9 Å². The summed E-state index contributed by atoms with van der Waals surface area (Å²) in [7, 11) is 5.55. The van der Waals surface area contributed by atoms with E-state index in [0.29, 0.717) is 24.8 Å². The van der Waals surface area contributed by atoms with E-state index in [2.05, 4.69) is 26.9 Å². The lowest BCUT2D eigenvalue weighted by Crippen LogP contribution is -2.32. The number of anilines is 1. The average molecular weight is 264 g/mol. The van der Waals surface area contributed by atoms with Crippen LogP contribution in [0.5, 0.6) is 0 Å². The molecule has 0 fully saturated rings. The fraction of sp³-hybridized carbons (Fsp3) is 0.583. The molecule has 0 radical (unpaired) electrons. The van der Waals surface area contributed by atoms with Crippen LogP contribution in [0.2, 0.25) is 0 Å². The number of hydrogen-bond donors (Lipinski definition) is 1. The van der Waals surface area contributed by atoms with Crippen LogP contribution in [0.15, 0.2) is 6.20 Å². The molecule has 1 unspecified atom stereocenters. The highest BCUT2D eigenvalue weighted by molar-refractivity contribution is 5.84. The number of aromatic nitrogens is 4. The number of nitrogens with two attached hydrogens (primary N) is 1. The molecule has 0 amide bonds. The number of aryl methyl sites for hydroxylation is 1. The maximum atomic E-state index is 5.93. The minimum atomic E-state index is 0.289. The molecule has 0 aliphatic rings. The van der Waals surface area contributed by atoms with E-state index in [4.69, 9.17) is 10.5 Å². The number of fused-ring (bicyclic) bond motifs is 1. The van der Waals surface area contributed by atoms with Crippen molar-refractivity contribution in [1.82, 2.24) is 24.6 Å². The molecule has 104 valence electrons. The molecule has 7 nitrogen and oxygen atoms in total. The molecule has 2 aromatic rings. The summed E-state index contributed by atoms with van der Waals surface area (Å²) < 4.78 is 6.85. The second-order valence-corrected chi connectivity index (χ2v) is 4.75. The SMILES string of the molecule is COCC(C)N(C)Cc1nc(N)c2cnn(C)c2n1. The van der Waals surface area contributed by atoms with Crippen LogP contribution in [0.1, 0.15) is 12.7 Å². The molecule has 0 bridgehead atoms. The maximum Gasteiger partial charge on any atom is 0.163 e. The van der Waals surface area contributed by atoms with Crippen LogP contribution in [0.3, 0.4) is 0 Å². The molecule has 0 saturated heterocycles. The fourth-order valence-electron chi connectivity index (χ4n) is 1.91. The molecule has 1 atom stereocenters. The van der Waals surface area contributed by atoms with Gasteiger partial charge in [0.05, 0.1) is 24.7 Å². The lowest BCUT2D eigenvalue weighted by atomic mass is 10.3. The quantitative estimate of drug-likeness (QED) is 0.842. The topological polar surface area (TPSA) is 82.1 Å². The number of nitrogen functional groups attached to an aromatic ring is 1. The Kier molecular flexibility index (Phi) is 3.96. The molecular weight excluding hydrogens is 244 g/mol. The maximum absolute atomic E-state index is 5.93. The highest BCUT2D eigenvalue weighted by atomic mass is 16.5. The summed E-state index contributed by atoms with van der Waals surface area (Å²) in [5.41, 5.74) is 6.69. The summed E-state index contributed by atoms with van der Waals surface area (Å²) in [5, 5.41) is 4.93. The summed E-state index contributed by atoms with van der Waals surface area (Å²) in [6.07, 6.45) is 1.69. The number of nitrogens with zero attached hydrogens (tertiary/aromatic N) is 5. The zero-order valence-electron chi connectivity index (χ0n) is 11.8. The fourth-order valence-corrected chi connectivity index (χ4v) is 1.91. The standard InChI is InChI=1S/C12H20N6O/c1-8(7-19-4)17(2)6-10-15-11(13)9-5-14-18(3)12(9)16-10/h5,8H,6-7H2,1-4H3,(H2,13,15,16). The van der Waals surface area contributed by atoms with E-state index in [1.54, 1.807) is 18.0 Å². The molecule has 2 heterocycles. The first-order valence-corrected chi connectivity index (χ1v) is 6.16. The van der Waals surface area contributed by atoms with Gasteiger partial charge < -0.3 is 10.5 Å². The molecule has 2 rings (SSSR count). The molecule has 2 N–H and O–H groups in total. The van der Waals surface area contributed by atoms with Crippen molar-refractivity contribution in [2.45, 2.75) is 19.5 Å². The first-order valence-electron chi connectivity index (χ1n) is 6.16. The van der Waals surface area contributed by atoms with Crippen LogP contribution in [0, 0.1) is 0 Å². The van der Waals surface area contributed by atoms with Crippen molar-refractivity contribution in [3.63, 3.8) is 0 Å². The van der Waals surface area contributed by atoms with Crippen LogP contribution in [0.25, 0.3) is 11.0 Å². The van der Waals surface area contributed by atoms with Gasteiger partial charge in [-0.1, -0.05) is 0 Å². The van der Waals surface area contributed by atoms with Crippen LogP contribution < -0.4 is 5.73 Å². The van der Waals surface area contributed by atoms with Gasteiger partial charge in [-0.25, -0.2) is 9.97 Å². The van der Waals surface area contributed by atoms with Crippen molar-refractivity contribution in [1.29, 1.82) is 0 Å². The van der Waals surface area contributed by atoms with E-state index in [9.17, 15) is 0 Å². The van der Waals surface area contributed by atoms with Gasteiger partial charge in [0.1, 0.15) is 11.6 Å². The van der Waals surface area contributed by atoms with E-state index in [-0.39, 0.29) is 6.04 Å². The Bertz CT molecular complexity index is 567. The van der Waals surface area contributed by atoms with Crippen molar-refractivity contribution < 1.29 is 4.74 Å². The number of likely N-dealkylation sites (N-methyl/N-ethyl adjacent to an activating group) is 1. The second kappa shape index (κ2) is 5.50. The van der Waals surface area contributed by atoms with Gasteiger partial charge in [0, 0.05) is 20.2 Å². The van der Waals surface area contributed by atoms with Gasteiger partial charge in [0.25, 0.3) is 0 Å². The summed E-state index contributed by atoms with van der Waals surface area (Å²) in [4.78, 5) is 11.0. The largest absolute Gasteiger partial charge is 0.383 e. The Labute approximate surface area is 112 Å². The molecule has 0 aliphatic carbocycles. The Morgan fingerprint density at radius 3 is 2.89 bits per heavy atom. The Morgan fingerprint density at radius 2 is 2.21 bits per heavy atom. The Balaban J connectivity index is 2.23. The van der Waals surface area contributed by atoms with Gasteiger partial charge in [0.2, 0.25) is 0 Å². The Hall–Kier alpha value is -1.73. The van der Waals surface area contributed by atoms with E-state index >= 15 is 0 Å². The highest BCUT2D eigenvalue weighted by Gasteiger charge is 2.14. The van der Waals surface area contributed by atoms with Gasteiger partial charge in [0.15, 0.2) is 5.65 Å². The molecular formula is C12H20N6O. The highest BCUT2D eigenvalue weighted by Crippen LogP contribution is 2.17. The lowest BCUT2D eigenvalue weighted by molar-refractivity contribution is 0.110. The number of hydrogen-bond acceptors (Lipinski definition) is 6. The van der Waals surface area contributed by atoms with Gasteiger partial charge in [-0.15, -0.1) is 0 Å². The van der Waals surface area contributed by atoms with E-state index in [1.165, 1.54) is 0 Å². The van der Waals surface area contributed by atoms with E-state index in [0.717, 1.165) is 11.0 Å². The minimum Gasteiger partial charge on any atom is -0.383 e. The summed E-state index contributed by atoms with van der Waals surface area (Å²) >= 11 is 0. The van der Waals surface area contributed by atoms with Gasteiger partial charge in [-0.05, 0) is 14.0 Å². The second-order valence-electron chi connectivity index (χ2n) is 4.75. The molecule has 2 aromatic heterocycles. The molecule has 0 saturated carbocycles. The average Bonchev–Trinajstić information content (AvgIpc) is 2.72. The number of methoxy groups -OCH3 is 1. The van der Waals surface area contributed by atoms with Crippen LogP contribution in [-0.4, -0.2) is 51.5 Å². The van der Waals surface area contributed by atoms with Crippen LogP contribution >= 0.6 is 0 Å². The van der Waals surface area contributed by atoms with Crippen molar-refractivity contribution in [3.05, 3.63) is 12.0 Å². The van der Waals surface area contributed by atoms with Crippen LogP contribution in [-0.2, 0) is 18.3 Å². The molecule has 0 spiro atoms. The molecule has 19 heavy (non-hydrogen) atoms. The zero-order valence-corrected chi connectivity index (χ0v) is 11.8. The number of ether oxygens (including phenoxy) is 1. The third-order valence-electron chi connectivity index (χ3n) is 3.22. The summed E-state index contributed by atoms with van der Waals surface area (Å²) in [6, 6.07) is 0.289. The zero-order chi connectivity index (χ0) is 14.0. The van der Waals surface area contributed by atoms with Crippen molar-refractivity contribution in [3.8, 4) is 0 Å². The van der Waals surface area contributed by atoms with E-state index < -0.39 is 0 Å². The summed E-state index contributed by atoms with van der Waals surface area (Å²) in [5.74, 6) is 1.17. The van der Waals surface area contributed by atoms with Gasteiger partial charge >= 0.3 is 0 Å². The first kappa shape index (κ1) is 13.7. The normalized spacial score (nSPS) is 13.3. The Morgan fingerprint density at radius 1 is 1.47 bits per heavy atom. The predicted octanol–water partition coefficient (Wildman–Crippen LogP) is 0.412. The molecule has 0 aliphatic heterocycles. The smallest absolute Gasteiger partial charge is 0.163 e.